The molecule has 9 rings (SSSR count). The minimum atomic E-state index is -0.0836. The zero-order valence-corrected chi connectivity index (χ0v) is 26.3. The van der Waals surface area contributed by atoms with Crippen molar-refractivity contribution in [1.82, 2.24) is 0 Å². The molecule has 0 saturated heterocycles. The van der Waals surface area contributed by atoms with Gasteiger partial charge < -0.3 is 4.42 Å². The number of rotatable bonds is 3. The van der Waals surface area contributed by atoms with E-state index in [1.807, 2.05) is 0 Å². The van der Waals surface area contributed by atoms with E-state index in [0.717, 1.165) is 16.7 Å². The summed E-state index contributed by atoms with van der Waals surface area (Å²) in [6.07, 6.45) is 0. The van der Waals surface area contributed by atoms with E-state index < -0.39 is 0 Å². The van der Waals surface area contributed by atoms with Gasteiger partial charge >= 0.3 is 0 Å². The molecule has 44 heavy (non-hydrogen) atoms. The Morgan fingerprint density at radius 1 is 0.500 bits per heavy atom. The highest BCUT2D eigenvalue weighted by molar-refractivity contribution is 6.33. The molecule has 0 N–H and O–H groups in total. The van der Waals surface area contributed by atoms with Crippen LogP contribution < -0.4 is 0 Å². The first-order chi connectivity index (χ1) is 21.3. The molecule has 1 heterocycles. The highest BCUT2D eigenvalue weighted by Crippen LogP contribution is 2.56. The van der Waals surface area contributed by atoms with Crippen LogP contribution in [-0.2, 0) is 5.41 Å². The Morgan fingerprint density at radius 2 is 1.14 bits per heavy atom. The van der Waals surface area contributed by atoms with Crippen molar-refractivity contribution in [3.05, 3.63) is 119 Å². The molecular formula is C43H36O. The summed E-state index contributed by atoms with van der Waals surface area (Å²) in [6.45, 7) is 14.2. The Hall–Kier alpha value is -4.62. The van der Waals surface area contributed by atoms with Crippen molar-refractivity contribution in [2.24, 2.45) is 0 Å². The molecule has 8 aromatic rings. The van der Waals surface area contributed by atoms with E-state index in [0.29, 0.717) is 11.8 Å². The summed E-state index contributed by atoms with van der Waals surface area (Å²) < 4.78 is 7.01. The van der Waals surface area contributed by atoms with Gasteiger partial charge in [0.05, 0.1) is 0 Å². The number of fused-ring (bicyclic) bond motifs is 8. The smallest absolute Gasteiger partial charge is 0.143 e. The summed E-state index contributed by atoms with van der Waals surface area (Å²) in [5.41, 5.74) is 12.7. The number of hydrogen-bond acceptors (Lipinski definition) is 1. The van der Waals surface area contributed by atoms with Gasteiger partial charge in [0.1, 0.15) is 11.2 Å². The van der Waals surface area contributed by atoms with E-state index in [-0.39, 0.29) is 5.41 Å². The van der Waals surface area contributed by atoms with E-state index in [4.69, 9.17) is 4.42 Å². The van der Waals surface area contributed by atoms with Crippen molar-refractivity contribution in [2.75, 3.05) is 0 Å². The Bertz CT molecular complexity index is 2450. The molecule has 1 heteroatoms. The maximum atomic E-state index is 7.01. The molecule has 214 valence electrons. The third kappa shape index (κ3) is 3.20. The molecule has 0 spiro atoms. The topological polar surface area (TPSA) is 13.1 Å². The van der Waals surface area contributed by atoms with E-state index in [1.165, 1.54) is 82.0 Å². The molecule has 1 nitrogen and oxygen atoms in total. The number of furan rings is 1. The van der Waals surface area contributed by atoms with Gasteiger partial charge in [0.15, 0.2) is 0 Å². The van der Waals surface area contributed by atoms with Crippen LogP contribution in [0.3, 0.4) is 0 Å². The van der Waals surface area contributed by atoms with Gasteiger partial charge in [-0.15, -0.1) is 0 Å². The van der Waals surface area contributed by atoms with E-state index >= 15 is 0 Å². The molecule has 1 aliphatic carbocycles. The number of hydrogen-bond donors (Lipinski definition) is 0. The van der Waals surface area contributed by atoms with Gasteiger partial charge in [-0.3, -0.25) is 0 Å². The van der Waals surface area contributed by atoms with Crippen molar-refractivity contribution < 1.29 is 4.42 Å². The van der Waals surface area contributed by atoms with Gasteiger partial charge in [0.2, 0.25) is 0 Å². The molecule has 0 aliphatic heterocycles. The van der Waals surface area contributed by atoms with Gasteiger partial charge in [-0.2, -0.15) is 0 Å². The van der Waals surface area contributed by atoms with Gasteiger partial charge in [0.25, 0.3) is 0 Å². The quantitative estimate of drug-likeness (QED) is 0.193. The molecule has 0 radical (unpaired) electrons. The summed E-state index contributed by atoms with van der Waals surface area (Å²) in [5, 5.41) is 10.5. The lowest BCUT2D eigenvalue weighted by molar-refractivity contribution is 0.666. The summed E-state index contributed by atoms with van der Waals surface area (Å²) in [6, 6.07) is 36.2. The molecule has 0 atom stereocenters. The highest BCUT2D eigenvalue weighted by atomic mass is 16.3. The third-order valence-electron chi connectivity index (χ3n) is 10.5. The minimum absolute atomic E-state index is 0.0836. The molecule has 0 amide bonds. The predicted molar refractivity (Wildman–Crippen MR) is 189 cm³/mol. The van der Waals surface area contributed by atoms with E-state index in [9.17, 15) is 0 Å². The lowest BCUT2D eigenvalue weighted by atomic mass is 9.76. The Labute approximate surface area is 258 Å². The number of para-hydroxylation sites is 1. The normalized spacial score (nSPS) is 14.3. The average Bonchev–Trinajstić information content (AvgIpc) is 3.51. The summed E-state index contributed by atoms with van der Waals surface area (Å²) in [7, 11) is 0. The third-order valence-corrected chi connectivity index (χ3v) is 10.5. The van der Waals surface area contributed by atoms with Crippen molar-refractivity contribution >= 4 is 54.3 Å². The first-order valence-electron chi connectivity index (χ1n) is 16.1. The Balaban J connectivity index is 1.52. The fraction of sp³-hybridized carbons (Fsp3) is 0.209. The summed E-state index contributed by atoms with van der Waals surface area (Å²) >= 11 is 0. The maximum absolute atomic E-state index is 7.01. The molecule has 0 saturated carbocycles. The molecule has 1 aliphatic rings. The second kappa shape index (κ2) is 8.73. The Morgan fingerprint density at radius 3 is 1.89 bits per heavy atom. The zero-order chi connectivity index (χ0) is 30.1. The summed E-state index contributed by atoms with van der Waals surface area (Å²) in [5.74, 6) is 0.748. The van der Waals surface area contributed by atoms with E-state index in [1.54, 1.807) is 0 Å². The lowest BCUT2D eigenvalue weighted by Crippen LogP contribution is -2.16. The molecule has 0 fully saturated rings. The Kier molecular flexibility index (Phi) is 5.13. The van der Waals surface area contributed by atoms with Gasteiger partial charge in [-0.1, -0.05) is 114 Å². The van der Waals surface area contributed by atoms with Crippen LogP contribution in [0, 0.1) is 0 Å². The van der Waals surface area contributed by atoms with Crippen LogP contribution in [-0.4, -0.2) is 0 Å². The van der Waals surface area contributed by atoms with Crippen LogP contribution in [0.5, 0.6) is 0 Å². The average molecular weight is 569 g/mol. The van der Waals surface area contributed by atoms with Gasteiger partial charge in [0, 0.05) is 32.5 Å². The fourth-order valence-electron chi connectivity index (χ4n) is 8.49. The van der Waals surface area contributed by atoms with Crippen molar-refractivity contribution in [2.45, 2.75) is 58.8 Å². The number of benzene rings is 7. The van der Waals surface area contributed by atoms with Crippen LogP contribution >= 0.6 is 0 Å². The molecule has 0 bridgehead atoms. The van der Waals surface area contributed by atoms with Crippen LogP contribution in [0.25, 0.3) is 76.5 Å². The molecular weight excluding hydrogens is 532 g/mol. The van der Waals surface area contributed by atoms with E-state index in [2.05, 4.69) is 139 Å². The predicted octanol–water partition coefficient (Wildman–Crippen LogP) is 12.7. The van der Waals surface area contributed by atoms with Crippen molar-refractivity contribution in [1.29, 1.82) is 0 Å². The first kappa shape index (κ1) is 25.8. The van der Waals surface area contributed by atoms with Crippen LogP contribution in [0.4, 0.5) is 0 Å². The van der Waals surface area contributed by atoms with Crippen molar-refractivity contribution in [3.8, 4) is 22.3 Å². The largest absolute Gasteiger partial charge is 0.455 e. The molecule has 1 aromatic heterocycles. The second-order valence-electron chi connectivity index (χ2n) is 14.1. The highest BCUT2D eigenvalue weighted by Gasteiger charge is 2.38. The minimum Gasteiger partial charge on any atom is -0.455 e. The maximum Gasteiger partial charge on any atom is 0.143 e. The van der Waals surface area contributed by atoms with Gasteiger partial charge in [-0.05, 0) is 96.6 Å². The monoisotopic (exact) mass is 568 g/mol. The molecule has 7 aromatic carbocycles. The lowest BCUT2D eigenvalue weighted by Gasteiger charge is -2.27. The SMILES string of the molecule is CC(C)c1cc2c3oc4c(-c5ccccc5)cccc4c3cc3c(C(C)C)cc4c5c(cc1c4c32)-c1ccccc1C5(C)C. The van der Waals surface area contributed by atoms with Crippen LogP contribution in [0.1, 0.15) is 75.6 Å². The van der Waals surface area contributed by atoms with Crippen molar-refractivity contribution in [3.63, 3.8) is 0 Å². The van der Waals surface area contributed by atoms with Gasteiger partial charge in [-0.25, -0.2) is 0 Å². The zero-order valence-electron chi connectivity index (χ0n) is 26.3. The van der Waals surface area contributed by atoms with Crippen LogP contribution in [0.2, 0.25) is 0 Å². The summed E-state index contributed by atoms with van der Waals surface area (Å²) in [4.78, 5) is 0. The fourth-order valence-corrected chi connectivity index (χ4v) is 8.49. The second-order valence-corrected chi connectivity index (χ2v) is 14.1. The standard InChI is InChI=1S/C43H36O/c1-23(2)29-19-35-38-31(21-33-27-15-10-11-18-37(27)43(5,6)40(33)35)30(24(3)4)20-36-39(38)32(29)22-34-28-17-12-16-26(41(28)44-42(34)36)25-13-8-7-9-14-25/h7-24H,1-6H3. The molecule has 0 unspecified atom stereocenters. The van der Waals surface area contributed by atoms with Crippen LogP contribution in [0.15, 0.2) is 101 Å². The first-order valence-corrected chi connectivity index (χ1v) is 16.1.